The van der Waals surface area contributed by atoms with Gasteiger partial charge in [0, 0.05) is 28.4 Å². The van der Waals surface area contributed by atoms with Crippen LogP contribution in [0, 0.1) is 5.92 Å². The van der Waals surface area contributed by atoms with E-state index < -0.39 is 0 Å². The van der Waals surface area contributed by atoms with Crippen molar-refractivity contribution in [3.8, 4) is 0 Å². The Kier molecular flexibility index (Phi) is 7.10. The van der Waals surface area contributed by atoms with Gasteiger partial charge in [-0.25, -0.2) is 4.68 Å². The molecule has 0 aliphatic heterocycles. The zero-order valence-electron chi connectivity index (χ0n) is 23.1. The average Bonchev–Trinajstić information content (AvgIpc) is 3.57. The van der Waals surface area contributed by atoms with Crippen LogP contribution >= 0.6 is 0 Å². The number of anilines is 2. The third-order valence-electron chi connectivity index (χ3n) is 7.25. The SMILES string of the molecule is C/C(=N/N(c1ccccc1)c1nnnn1Cc1ccccc1)c1ccc2c(c1)c1ccccc1n2CCC(C)C. The minimum Gasteiger partial charge on any atom is -0.340 e. The first kappa shape index (κ1) is 25.5. The molecule has 0 N–H and O–H groups in total. The van der Waals surface area contributed by atoms with E-state index in [0.717, 1.165) is 35.5 Å². The Morgan fingerprint density at radius 2 is 1.52 bits per heavy atom. The van der Waals surface area contributed by atoms with Gasteiger partial charge in [0.25, 0.3) is 5.95 Å². The van der Waals surface area contributed by atoms with Crippen molar-refractivity contribution in [1.29, 1.82) is 0 Å². The maximum atomic E-state index is 5.09. The summed E-state index contributed by atoms with van der Waals surface area (Å²) in [6.07, 6.45) is 1.14. The molecule has 200 valence electrons. The molecule has 2 aromatic heterocycles. The van der Waals surface area contributed by atoms with E-state index in [0.29, 0.717) is 18.4 Å². The van der Waals surface area contributed by atoms with Crippen LogP contribution < -0.4 is 5.01 Å². The third kappa shape index (κ3) is 5.10. The highest BCUT2D eigenvalue weighted by molar-refractivity contribution is 6.11. The first-order valence-electron chi connectivity index (χ1n) is 13.8. The van der Waals surface area contributed by atoms with Crippen LogP contribution in [0.25, 0.3) is 21.8 Å². The number of nitrogens with zero attached hydrogens (tertiary/aromatic N) is 7. The van der Waals surface area contributed by atoms with Gasteiger partial charge in [-0.15, -0.1) is 0 Å². The number of rotatable bonds is 9. The monoisotopic (exact) mass is 527 g/mol. The normalized spacial score (nSPS) is 12.1. The summed E-state index contributed by atoms with van der Waals surface area (Å²) in [5.74, 6) is 1.20. The van der Waals surface area contributed by atoms with Crippen molar-refractivity contribution < 1.29 is 0 Å². The van der Waals surface area contributed by atoms with Crippen LogP contribution in [0.3, 0.4) is 0 Å². The third-order valence-corrected chi connectivity index (χ3v) is 7.25. The Bertz CT molecular complexity index is 1760. The summed E-state index contributed by atoms with van der Waals surface area (Å²) in [6.45, 7) is 8.14. The number of hydrogen-bond acceptors (Lipinski definition) is 5. The van der Waals surface area contributed by atoms with Gasteiger partial charge in [-0.1, -0.05) is 91.7 Å². The van der Waals surface area contributed by atoms with Crippen LogP contribution in [0.2, 0.25) is 0 Å². The molecular formula is C33H33N7. The van der Waals surface area contributed by atoms with Gasteiger partial charge in [-0.2, -0.15) is 10.1 Å². The summed E-state index contributed by atoms with van der Waals surface area (Å²) in [4.78, 5) is 0. The Hall–Kier alpha value is -4.78. The number of tetrazole rings is 1. The Morgan fingerprint density at radius 3 is 2.30 bits per heavy atom. The molecule has 0 saturated carbocycles. The van der Waals surface area contributed by atoms with E-state index in [2.05, 4.69) is 88.5 Å². The molecule has 40 heavy (non-hydrogen) atoms. The van der Waals surface area contributed by atoms with Gasteiger partial charge in [0.05, 0.1) is 17.9 Å². The van der Waals surface area contributed by atoms with E-state index in [1.807, 2.05) is 60.5 Å². The standard InChI is InChI=1S/C33H33N7/c1-24(2)20-21-38-31-17-11-10-16-29(31)30-22-27(18-19-32(30)38)25(3)35-40(28-14-8-5-9-15-28)33-34-36-37-39(33)23-26-12-6-4-7-13-26/h4-19,22,24H,20-21,23H2,1-3H3/b35-25-. The van der Waals surface area contributed by atoms with Gasteiger partial charge in [0.2, 0.25) is 0 Å². The van der Waals surface area contributed by atoms with E-state index in [1.165, 1.54) is 21.8 Å². The fourth-order valence-corrected chi connectivity index (χ4v) is 5.11. The summed E-state index contributed by atoms with van der Waals surface area (Å²) >= 11 is 0. The Morgan fingerprint density at radius 1 is 0.825 bits per heavy atom. The van der Waals surface area contributed by atoms with Gasteiger partial charge < -0.3 is 4.57 Å². The molecule has 0 atom stereocenters. The van der Waals surface area contributed by atoms with Gasteiger partial charge in [-0.3, -0.25) is 0 Å². The minimum atomic E-state index is 0.545. The summed E-state index contributed by atoms with van der Waals surface area (Å²) in [5, 5.41) is 22.1. The van der Waals surface area contributed by atoms with E-state index in [9.17, 15) is 0 Å². The van der Waals surface area contributed by atoms with Crippen molar-refractivity contribution in [2.45, 2.75) is 40.3 Å². The highest BCUT2D eigenvalue weighted by atomic mass is 15.6. The van der Waals surface area contributed by atoms with Crippen LogP contribution in [0.4, 0.5) is 11.6 Å². The molecule has 6 rings (SSSR count). The molecule has 0 saturated heterocycles. The Labute approximate surface area is 234 Å². The van der Waals surface area contributed by atoms with Crippen LogP contribution in [-0.4, -0.2) is 30.5 Å². The Balaban J connectivity index is 1.42. The van der Waals surface area contributed by atoms with Crippen LogP contribution in [0.5, 0.6) is 0 Å². The van der Waals surface area contributed by atoms with Crippen molar-refractivity contribution in [3.63, 3.8) is 0 Å². The van der Waals surface area contributed by atoms with Crippen molar-refractivity contribution in [1.82, 2.24) is 24.8 Å². The summed E-state index contributed by atoms with van der Waals surface area (Å²) < 4.78 is 4.24. The molecule has 6 aromatic rings. The molecule has 0 bridgehead atoms. The second-order valence-electron chi connectivity index (χ2n) is 10.5. The number of aryl methyl sites for hydroxylation is 1. The quantitative estimate of drug-likeness (QED) is 0.145. The highest BCUT2D eigenvalue weighted by Gasteiger charge is 2.19. The maximum absolute atomic E-state index is 5.09. The zero-order chi connectivity index (χ0) is 27.5. The lowest BCUT2D eigenvalue weighted by Crippen LogP contribution is -2.18. The van der Waals surface area contributed by atoms with Gasteiger partial charge >= 0.3 is 0 Å². The molecule has 2 heterocycles. The predicted octanol–water partition coefficient (Wildman–Crippen LogP) is 7.44. The topological polar surface area (TPSA) is 64.1 Å². The van der Waals surface area contributed by atoms with E-state index in [-0.39, 0.29) is 0 Å². The fraction of sp³-hybridized carbons (Fsp3) is 0.212. The van der Waals surface area contributed by atoms with Crippen LogP contribution in [0.1, 0.15) is 38.3 Å². The van der Waals surface area contributed by atoms with Crippen molar-refractivity contribution in [3.05, 3.63) is 114 Å². The van der Waals surface area contributed by atoms with Gasteiger partial charge in [0.1, 0.15) is 0 Å². The molecule has 0 spiro atoms. The first-order chi connectivity index (χ1) is 19.6. The lowest BCUT2D eigenvalue weighted by Gasteiger charge is -2.19. The second-order valence-corrected chi connectivity index (χ2v) is 10.5. The predicted molar refractivity (Wildman–Crippen MR) is 163 cm³/mol. The minimum absolute atomic E-state index is 0.545. The van der Waals surface area contributed by atoms with Crippen LogP contribution in [0.15, 0.2) is 108 Å². The number of aromatic nitrogens is 5. The molecule has 0 radical (unpaired) electrons. The van der Waals surface area contributed by atoms with Crippen molar-refractivity contribution in [2.24, 2.45) is 11.0 Å². The second kappa shape index (κ2) is 11.1. The largest absolute Gasteiger partial charge is 0.340 e. The maximum Gasteiger partial charge on any atom is 0.271 e. The molecule has 0 unspecified atom stereocenters. The summed E-state index contributed by atoms with van der Waals surface area (Å²) in [6, 6.07) is 35.6. The molecule has 0 amide bonds. The number of hydrazone groups is 1. The molecular weight excluding hydrogens is 494 g/mol. The molecule has 7 nitrogen and oxygen atoms in total. The van der Waals surface area contributed by atoms with E-state index in [1.54, 1.807) is 4.68 Å². The van der Waals surface area contributed by atoms with Crippen LogP contribution in [-0.2, 0) is 13.1 Å². The summed E-state index contributed by atoms with van der Waals surface area (Å²) in [7, 11) is 0. The number of fused-ring (bicyclic) bond motifs is 3. The highest BCUT2D eigenvalue weighted by Crippen LogP contribution is 2.31. The van der Waals surface area contributed by atoms with E-state index >= 15 is 0 Å². The zero-order valence-corrected chi connectivity index (χ0v) is 23.1. The van der Waals surface area contributed by atoms with Crippen molar-refractivity contribution >= 4 is 39.2 Å². The molecule has 0 fully saturated rings. The average molecular weight is 528 g/mol. The fourth-order valence-electron chi connectivity index (χ4n) is 5.11. The lowest BCUT2D eigenvalue weighted by molar-refractivity contribution is 0.531. The summed E-state index contributed by atoms with van der Waals surface area (Å²) in [5.41, 5.74) is 6.46. The molecule has 0 aliphatic rings. The van der Waals surface area contributed by atoms with Crippen molar-refractivity contribution in [2.75, 3.05) is 5.01 Å². The smallest absolute Gasteiger partial charge is 0.271 e. The first-order valence-corrected chi connectivity index (χ1v) is 13.8. The number of para-hydroxylation sites is 2. The van der Waals surface area contributed by atoms with Gasteiger partial charge in [-0.05, 0) is 71.1 Å². The molecule has 4 aromatic carbocycles. The number of hydrogen-bond donors (Lipinski definition) is 0. The van der Waals surface area contributed by atoms with E-state index in [4.69, 9.17) is 5.10 Å². The molecule has 0 aliphatic carbocycles. The lowest BCUT2D eigenvalue weighted by atomic mass is 10.1. The number of benzene rings is 4. The van der Waals surface area contributed by atoms with Gasteiger partial charge in [0.15, 0.2) is 0 Å². The molecule has 7 heteroatoms.